The van der Waals surface area contributed by atoms with Crippen LogP contribution in [-0.2, 0) is 14.6 Å². The van der Waals surface area contributed by atoms with E-state index in [9.17, 15) is 13.2 Å². The van der Waals surface area contributed by atoms with E-state index in [-0.39, 0.29) is 16.7 Å². The van der Waals surface area contributed by atoms with E-state index in [1.807, 2.05) is 18.2 Å². The number of anilines is 1. The number of sulfone groups is 1. The molecule has 1 N–H and O–H groups in total. The van der Waals surface area contributed by atoms with Crippen LogP contribution in [0.3, 0.4) is 0 Å². The molecule has 0 aromatic heterocycles. The molecule has 0 radical (unpaired) electrons. The van der Waals surface area contributed by atoms with Crippen molar-refractivity contribution in [3.8, 4) is 0 Å². The van der Waals surface area contributed by atoms with Gasteiger partial charge in [0, 0.05) is 10.7 Å². The molecule has 6 heteroatoms. The zero-order valence-electron chi connectivity index (χ0n) is 18.0. The van der Waals surface area contributed by atoms with Gasteiger partial charge in [-0.05, 0) is 60.1 Å². The minimum Gasteiger partial charge on any atom is -0.324 e. The van der Waals surface area contributed by atoms with Gasteiger partial charge in [0.25, 0.3) is 0 Å². The van der Waals surface area contributed by atoms with Crippen LogP contribution in [0.25, 0.3) is 0 Å². The van der Waals surface area contributed by atoms with Crippen molar-refractivity contribution in [3.63, 3.8) is 0 Å². The molecule has 0 spiro atoms. The molecule has 30 heavy (non-hydrogen) atoms. The van der Waals surface area contributed by atoms with Crippen LogP contribution < -0.4 is 5.32 Å². The van der Waals surface area contributed by atoms with Gasteiger partial charge in [-0.2, -0.15) is 0 Å². The quantitative estimate of drug-likeness (QED) is 0.564. The molecular weight excluding hydrogens is 418 g/mol. The average Bonchev–Trinajstić information content (AvgIpc) is 3.20. The third-order valence-corrected chi connectivity index (χ3v) is 8.84. The van der Waals surface area contributed by atoms with Gasteiger partial charge >= 0.3 is 0 Å². The lowest BCUT2D eigenvalue weighted by molar-refractivity contribution is -0.118. The fourth-order valence-corrected chi connectivity index (χ4v) is 6.52. The van der Waals surface area contributed by atoms with E-state index in [4.69, 9.17) is 11.6 Å². The summed E-state index contributed by atoms with van der Waals surface area (Å²) in [6.45, 7) is 8.30. The van der Waals surface area contributed by atoms with Crippen LogP contribution in [0.4, 0.5) is 5.69 Å². The van der Waals surface area contributed by atoms with Crippen LogP contribution in [0.15, 0.2) is 47.4 Å². The molecule has 0 saturated heterocycles. The Morgan fingerprint density at radius 3 is 1.90 bits per heavy atom. The average molecular weight is 448 g/mol. The van der Waals surface area contributed by atoms with Crippen molar-refractivity contribution >= 4 is 33.0 Å². The molecule has 2 aromatic rings. The van der Waals surface area contributed by atoms with Crippen LogP contribution in [-0.4, -0.2) is 19.1 Å². The summed E-state index contributed by atoms with van der Waals surface area (Å²) >= 11 is 5.95. The number of nitrogens with one attached hydrogen (secondary N) is 1. The molecule has 1 saturated carbocycles. The van der Waals surface area contributed by atoms with Gasteiger partial charge in [0.15, 0.2) is 14.6 Å². The molecule has 4 nitrogen and oxygen atoms in total. The van der Waals surface area contributed by atoms with Crippen molar-refractivity contribution in [2.45, 2.75) is 74.9 Å². The summed E-state index contributed by atoms with van der Waals surface area (Å²) in [7, 11) is -3.87. The highest BCUT2D eigenvalue weighted by Gasteiger charge is 2.53. The Morgan fingerprint density at radius 1 is 0.933 bits per heavy atom. The molecule has 162 valence electrons. The zero-order valence-corrected chi connectivity index (χ0v) is 19.6. The molecule has 0 atom stereocenters. The topological polar surface area (TPSA) is 63.2 Å². The maximum atomic E-state index is 13.7. The largest absolute Gasteiger partial charge is 0.324 e. The number of amides is 1. The predicted molar refractivity (Wildman–Crippen MR) is 123 cm³/mol. The Bertz CT molecular complexity index is 995. The van der Waals surface area contributed by atoms with Gasteiger partial charge in [-0.3, -0.25) is 4.79 Å². The van der Waals surface area contributed by atoms with Crippen LogP contribution in [0, 0.1) is 0 Å². The van der Waals surface area contributed by atoms with E-state index < -0.39 is 20.5 Å². The van der Waals surface area contributed by atoms with E-state index in [1.54, 1.807) is 12.1 Å². The Labute approximate surface area is 185 Å². The third kappa shape index (κ3) is 4.02. The number of hydrogen-bond acceptors (Lipinski definition) is 3. The molecule has 2 aromatic carbocycles. The van der Waals surface area contributed by atoms with Crippen LogP contribution in [0.2, 0.25) is 5.02 Å². The van der Waals surface area contributed by atoms with Crippen molar-refractivity contribution < 1.29 is 13.2 Å². The van der Waals surface area contributed by atoms with Crippen LogP contribution in [0.1, 0.15) is 76.3 Å². The highest BCUT2D eigenvalue weighted by Crippen LogP contribution is 2.43. The minimum atomic E-state index is -3.87. The summed E-state index contributed by atoms with van der Waals surface area (Å²) in [5, 5.41) is 3.53. The van der Waals surface area contributed by atoms with Crippen molar-refractivity contribution in [2.24, 2.45) is 0 Å². The standard InChI is InChI=1S/C24H30ClNO3S/c1-16(2)20-8-7-9-21(17(3)4)22(20)26-23(27)24(14-5-6-15-24)30(28,29)19-12-10-18(25)11-13-19/h7-13,16-17H,5-6,14-15H2,1-4H3,(H,26,27). The molecule has 1 aliphatic rings. The number of hydrogen-bond donors (Lipinski definition) is 1. The van der Waals surface area contributed by atoms with Gasteiger partial charge in [-0.1, -0.05) is 70.3 Å². The number of benzene rings is 2. The van der Waals surface area contributed by atoms with Crippen LogP contribution >= 0.6 is 11.6 Å². The van der Waals surface area contributed by atoms with Gasteiger partial charge in [-0.15, -0.1) is 0 Å². The highest BCUT2D eigenvalue weighted by atomic mass is 35.5. The summed E-state index contributed by atoms with van der Waals surface area (Å²) in [5.74, 6) is -0.0252. The maximum absolute atomic E-state index is 13.7. The zero-order chi connectivity index (χ0) is 22.1. The molecule has 0 aliphatic heterocycles. The lowest BCUT2D eigenvalue weighted by atomic mass is 9.92. The molecule has 0 unspecified atom stereocenters. The van der Waals surface area contributed by atoms with Crippen molar-refractivity contribution in [2.75, 3.05) is 5.32 Å². The summed E-state index contributed by atoms with van der Waals surface area (Å²) in [6, 6.07) is 12.1. The first kappa shape index (κ1) is 22.8. The summed E-state index contributed by atoms with van der Waals surface area (Å²) < 4.78 is 25.8. The third-order valence-electron chi connectivity index (χ3n) is 6.07. The molecule has 1 fully saturated rings. The Morgan fingerprint density at radius 2 is 1.43 bits per heavy atom. The summed E-state index contributed by atoms with van der Waals surface area (Å²) in [6.07, 6.45) is 2.07. The number of para-hydroxylation sites is 1. The first-order chi connectivity index (χ1) is 14.1. The van der Waals surface area contributed by atoms with E-state index >= 15 is 0 Å². The van der Waals surface area contributed by atoms with Crippen molar-refractivity contribution in [1.82, 2.24) is 0 Å². The molecule has 1 amide bonds. The lowest BCUT2D eigenvalue weighted by Crippen LogP contribution is -2.47. The second kappa shape index (κ2) is 8.72. The number of halogens is 1. The van der Waals surface area contributed by atoms with E-state index in [0.29, 0.717) is 30.7 Å². The summed E-state index contributed by atoms with van der Waals surface area (Å²) in [5.41, 5.74) is 2.79. The van der Waals surface area contributed by atoms with E-state index in [2.05, 4.69) is 33.0 Å². The van der Waals surface area contributed by atoms with Gasteiger partial charge in [-0.25, -0.2) is 8.42 Å². The first-order valence-corrected chi connectivity index (χ1v) is 12.4. The predicted octanol–water partition coefficient (Wildman–Crippen LogP) is 6.31. The molecule has 3 rings (SSSR count). The second-order valence-corrected chi connectivity index (χ2v) is 11.4. The molecule has 0 heterocycles. The first-order valence-electron chi connectivity index (χ1n) is 10.5. The van der Waals surface area contributed by atoms with Gasteiger partial charge in [0.05, 0.1) is 4.90 Å². The minimum absolute atomic E-state index is 0.144. The number of carbonyl (C=O) groups excluding carboxylic acids is 1. The van der Waals surface area contributed by atoms with E-state index in [0.717, 1.165) is 16.8 Å². The fraction of sp³-hybridized carbons (Fsp3) is 0.458. The SMILES string of the molecule is CC(C)c1cccc(C(C)C)c1NC(=O)C1(S(=O)(=O)c2ccc(Cl)cc2)CCCC1. The van der Waals surface area contributed by atoms with Crippen LogP contribution in [0.5, 0.6) is 0 Å². The Kier molecular flexibility index (Phi) is 6.63. The fourth-order valence-electron chi connectivity index (χ4n) is 4.33. The van der Waals surface area contributed by atoms with E-state index in [1.165, 1.54) is 12.1 Å². The number of carbonyl (C=O) groups is 1. The van der Waals surface area contributed by atoms with Crippen molar-refractivity contribution in [3.05, 3.63) is 58.6 Å². The Hall–Kier alpha value is -1.85. The maximum Gasteiger partial charge on any atom is 0.246 e. The normalized spacial score (nSPS) is 16.2. The lowest BCUT2D eigenvalue weighted by Gasteiger charge is -2.29. The van der Waals surface area contributed by atoms with Gasteiger partial charge < -0.3 is 5.32 Å². The smallest absolute Gasteiger partial charge is 0.246 e. The molecular formula is C24H30ClNO3S. The van der Waals surface area contributed by atoms with Gasteiger partial charge in [0.2, 0.25) is 5.91 Å². The summed E-state index contributed by atoms with van der Waals surface area (Å²) in [4.78, 5) is 13.8. The molecule has 1 aliphatic carbocycles. The number of rotatable bonds is 6. The Balaban J connectivity index is 2.07. The van der Waals surface area contributed by atoms with Crippen molar-refractivity contribution in [1.29, 1.82) is 0 Å². The molecule has 0 bridgehead atoms. The highest BCUT2D eigenvalue weighted by molar-refractivity contribution is 7.93. The second-order valence-electron chi connectivity index (χ2n) is 8.73. The van der Waals surface area contributed by atoms with Gasteiger partial charge in [0.1, 0.15) is 0 Å². The monoisotopic (exact) mass is 447 g/mol.